The first-order valence-electron chi connectivity index (χ1n) is 7.25. The van der Waals surface area contributed by atoms with Gasteiger partial charge in [-0.3, -0.25) is 0 Å². The summed E-state index contributed by atoms with van der Waals surface area (Å²) in [5, 5.41) is 6.65. The van der Waals surface area contributed by atoms with Crippen molar-refractivity contribution in [3.63, 3.8) is 0 Å². The summed E-state index contributed by atoms with van der Waals surface area (Å²) in [6.45, 7) is 2.44. The van der Waals surface area contributed by atoms with Gasteiger partial charge in [0.1, 0.15) is 5.82 Å². The highest BCUT2D eigenvalue weighted by atomic mass is 35.5. The minimum atomic E-state index is -0.490. The summed E-state index contributed by atoms with van der Waals surface area (Å²) in [6, 6.07) is 11.0. The minimum Gasteiger partial charge on any atom is -0.462 e. The molecule has 2 N–H and O–H groups in total. The Morgan fingerprint density at radius 1 is 1.25 bits per heavy atom. The van der Waals surface area contributed by atoms with E-state index in [1.165, 1.54) is 12.1 Å². The zero-order chi connectivity index (χ0) is 17.5. The van der Waals surface area contributed by atoms with Crippen LogP contribution in [0.2, 0.25) is 5.02 Å². The summed E-state index contributed by atoms with van der Waals surface area (Å²) in [6.07, 6.45) is 0. The van der Waals surface area contributed by atoms with Crippen LogP contribution in [0.5, 0.6) is 0 Å². The number of anilines is 1. The third-order valence-electron chi connectivity index (χ3n) is 3.09. The van der Waals surface area contributed by atoms with Gasteiger partial charge >= 0.3 is 5.97 Å². The van der Waals surface area contributed by atoms with E-state index >= 15 is 0 Å². The second-order valence-corrected chi connectivity index (χ2v) is 5.66. The summed E-state index contributed by atoms with van der Waals surface area (Å²) in [4.78, 5) is 11.8. The van der Waals surface area contributed by atoms with Gasteiger partial charge in [0, 0.05) is 12.2 Å². The first-order chi connectivity index (χ1) is 11.5. The second-order valence-electron chi connectivity index (χ2n) is 4.85. The van der Waals surface area contributed by atoms with E-state index in [9.17, 15) is 9.18 Å². The van der Waals surface area contributed by atoms with E-state index in [-0.39, 0.29) is 18.0 Å². The van der Waals surface area contributed by atoms with Crippen LogP contribution in [0, 0.1) is 5.82 Å². The zero-order valence-electron chi connectivity index (χ0n) is 12.9. The number of hydrogen-bond acceptors (Lipinski definition) is 3. The molecule has 126 valence electrons. The predicted octanol–water partition coefficient (Wildman–Crippen LogP) is 4.14. The molecule has 0 aromatic heterocycles. The molecule has 0 saturated heterocycles. The SMILES string of the molecule is CCOC(=O)c1cc(NC(=S)NCc2ccc(F)cc2)ccc1Cl. The molecule has 0 heterocycles. The summed E-state index contributed by atoms with van der Waals surface area (Å²) in [5.74, 6) is -0.775. The van der Waals surface area contributed by atoms with E-state index < -0.39 is 5.97 Å². The van der Waals surface area contributed by atoms with Crippen molar-refractivity contribution < 1.29 is 13.9 Å². The number of nitrogens with one attached hydrogen (secondary N) is 2. The Morgan fingerprint density at radius 3 is 2.62 bits per heavy atom. The fourth-order valence-corrected chi connectivity index (χ4v) is 2.31. The van der Waals surface area contributed by atoms with Crippen molar-refractivity contribution in [1.29, 1.82) is 0 Å². The van der Waals surface area contributed by atoms with Gasteiger partial charge < -0.3 is 15.4 Å². The molecule has 2 aromatic rings. The van der Waals surface area contributed by atoms with Gasteiger partial charge in [-0.15, -0.1) is 0 Å². The lowest BCUT2D eigenvalue weighted by Gasteiger charge is -2.12. The summed E-state index contributed by atoms with van der Waals surface area (Å²) < 4.78 is 17.8. The molecule has 2 rings (SSSR count). The fourth-order valence-electron chi connectivity index (χ4n) is 1.93. The molecule has 7 heteroatoms. The van der Waals surface area contributed by atoms with Crippen molar-refractivity contribution in [2.24, 2.45) is 0 Å². The Kier molecular flexibility index (Phi) is 6.52. The van der Waals surface area contributed by atoms with Crippen molar-refractivity contribution in [2.75, 3.05) is 11.9 Å². The Labute approximate surface area is 150 Å². The zero-order valence-corrected chi connectivity index (χ0v) is 14.5. The van der Waals surface area contributed by atoms with Crippen LogP contribution in [0.4, 0.5) is 10.1 Å². The lowest BCUT2D eigenvalue weighted by atomic mass is 10.2. The molecule has 0 spiro atoms. The molecule has 0 radical (unpaired) electrons. The molecule has 0 aliphatic rings. The number of carbonyl (C=O) groups is 1. The normalized spacial score (nSPS) is 10.1. The standard InChI is InChI=1S/C17H16ClFN2O2S/c1-2-23-16(22)14-9-13(7-8-15(14)18)21-17(24)20-10-11-3-5-12(19)6-4-11/h3-9H,2,10H2,1H3,(H2,20,21,24). The van der Waals surface area contributed by atoms with E-state index in [2.05, 4.69) is 10.6 Å². The molecule has 0 fully saturated rings. The number of esters is 1. The van der Waals surface area contributed by atoms with Gasteiger partial charge in [0.2, 0.25) is 0 Å². The average Bonchev–Trinajstić information content (AvgIpc) is 2.56. The maximum Gasteiger partial charge on any atom is 0.339 e. The number of ether oxygens (including phenoxy) is 1. The van der Waals surface area contributed by atoms with E-state index in [4.69, 9.17) is 28.6 Å². The summed E-state index contributed by atoms with van der Waals surface area (Å²) in [7, 11) is 0. The van der Waals surface area contributed by atoms with Crippen LogP contribution < -0.4 is 10.6 Å². The Bertz CT molecular complexity index is 738. The molecule has 0 amide bonds. The minimum absolute atomic E-state index is 0.268. The van der Waals surface area contributed by atoms with E-state index in [1.807, 2.05) is 0 Å². The lowest BCUT2D eigenvalue weighted by molar-refractivity contribution is 0.0526. The van der Waals surface area contributed by atoms with Crippen LogP contribution >= 0.6 is 23.8 Å². The van der Waals surface area contributed by atoms with Gasteiger partial charge in [0.05, 0.1) is 17.2 Å². The van der Waals surface area contributed by atoms with Crippen LogP contribution in [0.25, 0.3) is 0 Å². The first kappa shape index (κ1) is 18.2. The molecule has 0 atom stereocenters. The van der Waals surface area contributed by atoms with Crippen molar-refractivity contribution in [1.82, 2.24) is 5.32 Å². The van der Waals surface area contributed by atoms with Gasteiger partial charge in [0.25, 0.3) is 0 Å². The highest BCUT2D eigenvalue weighted by Crippen LogP contribution is 2.21. The molecular formula is C17H16ClFN2O2S. The van der Waals surface area contributed by atoms with E-state index in [0.717, 1.165) is 5.56 Å². The second kappa shape index (κ2) is 8.61. The maximum absolute atomic E-state index is 12.9. The highest BCUT2D eigenvalue weighted by Gasteiger charge is 2.12. The Morgan fingerprint density at radius 2 is 1.96 bits per heavy atom. The largest absolute Gasteiger partial charge is 0.462 e. The van der Waals surface area contributed by atoms with Crippen LogP contribution in [0.1, 0.15) is 22.8 Å². The average molecular weight is 367 g/mol. The van der Waals surface area contributed by atoms with Crippen molar-refractivity contribution in [3.8, 4) is 0 Å². The number of thiocarbonyl (C=S) groups is 1. The molecule has 2 aromatic carbocycles. The van der Waals surface area contributed by atoms with Gasteiger partial charge in [-0.2, -0.15) is 0 Å². The molecule has 0 aliphatic carbocycles. The topological polar surface area (TPSA) is 50.4 Å². The van der Waals surface area contributed by atoms with Gasteiger partial charge in [-0.1, -0.05) is 23.7 Å². The monoisotopic (exact) mass is 366 g/mol. The fraction of sp³-hybridized carbons (Fsp3) is 0.176. The van der Waals surface area contributed by atoms with Gasteiger partial charge in [0.15, 0.2) is 5.11 Å². The Balaban J connectivity index is 1.97. The molecular weight excluding hydrogens is 351 g/mol. The van der Waals surface area contributed by atoms with Crippen molar-refractivity contribution in [2.45, 2.75) is 13.5 Å². The number of hydrogen-bond donors (Lipinski definition) is 2. The van der Waals surface area contributed by atoms with Crippen molar-refractivity contribution >= 4 is 40.6 Å². The first-order valence-corrected chi connectivity index (χ1v) is 8.04. The van der Waals surface area contributed by atoms with Crippen molar-refractivity contribution in [3.05, 3.63) is 64.4 Å². The van der Waals surface area contributed by atoms with Crippen LogP contribution in [-0.2, 0) is 11.3 Å². The molecule has 24 heavy (non-hydrogen) atoms. The maximum atomic E-state index is 12.9. The van der Waals surface area contributed by atoms with E-state index in [0.29, 0.717) is 22.4 Å². The summed E-state index contributed by atoms with van der Waals surface area (Å²) >= 11 is 11.2. The highest BCUT2D eigenvalue weighted by molar-refractivity contribution is 7.80. The predicted molar refractivity (Wildman–Crippen MR) is 96.9 cm³/mol. The Hall–Kier alpha value is -2.18. The van der Waals surface area contributed by atoms with E-state index in [1.54, 1.807) is 37.3 Å². The smallest absolute Gasteiger partial charge is 0.339 e. The summed E-state index contributed by atoms with van der Waals surface area (Å²) in [5.41, 5.74) is 1.77. The molecule has 4 nitrogen and oxygen atoms in total. The van der Waals surface area contributed by atoms with Gasteiger partial charge in [-0.25, -0.2) is 9.18 Å². The van der Waals surface area contributed by atoms with Crippen LogP contribution in [0.15, 0.2) is 42.5 Å². The number of carbonyl (C=O) groups excluding carboxylic acids is 1. The molecule has 0 saturated carbocycles. The number of halogens is 2. The quantitative estimate of drug-likeness (QED) is 0.615. The molecule has 0 bridgehead atoms. The third kappa shape index (κ3) is 5.18. The third-order valence-corrected chi connectivity index (χ3v) is 3.66. The molecule has 0 unspecified atom stereocenters. The van der Waals surface area contributed by atoms with Gasteiger partial charge in [-0.05, 0) is 55.0 Å². The number of benzene rings is 2. The number of rotatable bonds is 5. The molecule has 0 aliphatic heterocycles. The van der Waals surface area contributed by atoms with Crippen LogP contribution in [-0.4, -0.2) is 17.7 Å². The van der Waals surface area contributed by atoms with Crippen LogP contribution in [0.3, 0.4) is 0 Å². The lowest BCUT2D eigenvalue weighted by Crippen LogP contribution is -2.28.